The van der Waals surface area contributed by atoms with Crippen LogP contribution in [0, 0.1) is 0 Å². The maximum Gasteiger partial charge on any atom is 0.140 e. The molecule has 0 aliphatic rings. The summed E-state index contributed by atoms with van der Waals surface area (Å²) in [6, 6.07) is 21.0. The maximum atomic E-state index is 4.47. The van der Waals surface area contributed by atoms with Gasteiger partial charge in [-0.2, -0.15) is 0 Å². The maximum absolute atomic E-state index is 4.47. The van der Waals surface area contributed by atoms with Crippen molar-refractivity contribution >= 4 is 27.6 Å². The van der Waals surface area contributed by atoms with Gasteiger partial charge in [0.2, 0.25) is 0 Å². The van der Waals surface area contributed by atoms with E-state index in [9.17, 15) is 0 Å². The quantitative estimate of drug-likeness (QED) is 0.561. The van der Waals surface area contributed by atoms with Gasteiger partial charge in [0.25, 0.3) is 0 Å². The molecule has 23 heavy (non-hydrogen) atoms. The summed E-state index contributed by atoms with van der Waals surface area (Å²) in [5.41, 5.74) is 4.54. The van der Waals surface area contributed by atoms with Crippen LogP contribution in [0.1, 0.15) is 18.4 Å². The van der Waals surface area contributed by atoms with Crippen molar-refractivity contribution in [1.82, 2.24) is 9.97 Å². The molecule has 0 aliphatic heterocycles. The zero-order valence-corrected chi connectivity index (χ0v) is 13.1. The third-order valence-electron chi connectivity index (χ3n) is 4.37. The van der Waals surface area contributed by atoms with Crippen molar-refractivity contribution in [2.45, 2.75) is 12.8 Å². The van der Waals surface area contributed by atoms with Crippen LogP contribution in [0.15, 0.2) is 66.9 Å². The van der Waals surface area contributed by atoms with Gasteiger partial charge in [-0.1, -0.05) is 55.5 Å². The predicted molar refractivity (Wildman–Crippen MR) is 96.9 cm³/mol. The van der Waals surface area contributed by atoms with Gasteiger partial charge in [-0.3, -0.25) is 0 Å². The lowest BCUT2D eigenvalue weighted by molar-refractivity contribution is 0.805. The van der Waals surface area contributed by atoms with Crippen LogP contribution in [0.2, 0.25) is 0 Å². The van der Waals surface area contributed by atoms with Gasteiger partial charge in [0.05, 0.1) is 0 Å². The molecule has 3 nitrogen and oxygen atoms in total. The second kappa shape index (κ2) is 5.76. The Morgan fingerprint density at radius 2 is 1.78 bits per heavy atom. The number of benzene rings is 2. The Labute approximate surface area is 135 Å². The van der Waals surface area contributed by atoms with Gasteiger partial charge in [-0.25, -0.2) is 4.98 Å². The molecule has 0 fully saturated rings. The van der Waals surface area contributed by atoms with E-state index in [0.717, 1.165) is 23.4 Å². The van der Waals surface area contributed by atoms with E-state index in [-0.39, 0.29) is 0 Å². The third kappa shape index (κ3) is 2.55. The van der Waals surface area contributed by atoms with E-state index in [1.807, 2.05) is 12.3 Å². The molecule has 2 aromatic carbocycles. The van der Waals surface area contributed by atoms with Crippen LogP contribution in [0.5, 0.6) is 0 Å². The van der Waals surface area contributed by atoms with Gasteiger partial charge in [0.15, 0.2) is 0 Å². The SMILES string of the molecule is C[C@@H](CNc1ccnc2[nH]c3ccccc3c12)c1ccccc1. The Kier molecular flexibility index (Phi) is 3.46. The smallest absolute Gasteiger partial charge is 0.140 e. The Morgan fingerprint density at radius 3 is 2.65 bits per heavy atom. The van der Waals surface area contributed by atoms with Crippen molar-refractivity contribution in [3.05, 3.63) is 72.4 Å². The van der Waals surface area contributed by atoms with Gasteiger partial charge in [-0.15, -0.1) is 0 Å². The molecule has 2 heterocycles. The summed E-state index contributed by atoms with van der Waals surface area (Å²) >= 11 is 0. The van der Waals surface area contributed by atoms with Gasteiger partial charge in [0.1, 0.15) is 5.65 Å². The van der Waals surface area contributed by atoms with Crippen LogP contribution in [0.4, 0.5) is 5.69 Å². The first-order valence-electron chi connectivity index (χ1n) is 7.97. The van der Waals surface area contributed by atoms with Crippen LogP contribution in [0.25, 0.3) is 21.9 Å². The molecule has 0 unspecified atom stereocenters. The number of aromatic nitrogens is 2. The van der Waals surface area contributed by atoms with Crippen molar-refractivity contribution < 1.29 is 0 Å². The normalized spacial score (nSPS) is 12.6. The van der Waals surface area contributed by atoms with Crippen LogP contribution < -0.4 is 5.32 Å². The molecule has 0 amide bonds. The number of nitrogens with one attached hydrogen (secondary N) is 2. The summed E-state index contributed by atoms with van der Waals surface area (Å²) in [6.45, 7) is 3.14. The molecule has 0 spiro atoms. The zero-order chi connectivity index (χ0) is 15.6. The predicted octanol–water partition coefficient (Wildman–Crippen LogP) is 4.93. The molecule has 0 bridgehead atoms. The fourth-order valence-corrected chi connectivity index (χ4v) is 3.08. The van der Waals surface area contributed by atoms with Crippen molar-refractivity contribution in [3.8, 4) is 0 Å². The number of hydrogen-bond donors (Lipinski definition) is 2. The lowest BCUT2D eigenvalue weighted by Gasteiger charge is -2.14. The number of anilines is 1. The molecule has 4 aromatic rings. The van der Waals surface area contributed by atoms with E-state index >= 15 is 0 Å². The first kappa shape index (κ1) is 13.8. The monoisotopic (exact) mass is 301 g/mol. The summed E-state index contributed by atoms with van der Waals surface area (Å²) < 4.78 is 0. The number of hydrogen-bond acceptors (Lipinski definition) is 2. The van der Waals surface area contributed by atoms with Crippen molar-refractivity contribution in [1.29, 1.82) is 0 Å². The average molecular weight is 301 g/mol. The van der Waals surface area contributed by atoms with E-state index in [2.05, 4.69) is 76.8 Å². The largest absolute Gasteiger partial charge is 0.384 e. The number of fused-ring (bicyclic) bond motifs is 3. The van der Waals surface area contributed by atoms with Gasteiger partial charge in [0, 0.05) is 34.7 Å². The minimum atomic E-state index is 0.449. The van der Waals surface area contributed by atoms with Crippen molar-refractivity contribution in [3.63, 3.8) is 0 Å². The third-order valence-corrected chi connectivity index (χ3v) is 4.37. The topological polar surface area (TPSA) is 40.7 Å². The molecule has 0 aliphatic carbocycles. The van der Waals surface area contributed by atoms with Crippen molar-refractivity contribution in [2.24, 2.45) is 0 Å². The second-order valence-corrected chi connectivity index (χ2v) is 5.95. The molecular weight excluding hydrogens is 282 g/mol. The first-order valence-corrected chi connectivity index (χ1v) is 7.97. The summed E-state index contributed by atoms with van der Waals surface area (Å²) in [4.78, 5) is 7.86. The number of pyridine rings is 1. The van der Waals surface area contributed by atoms with E-state index in [4.69, 9.17) is 0 Å². The first-order chi connectivity index (χ1) is 11.3. The molecule has 0 radical (unpaired) electrons. The lowest BCUT2D eigenvalue weighted by atomic mass is 10.0. The average Bonchev–Trinajstić information content (AvgIpc) is 2.99. The van der Waals surface area contributed by atoms with Crippen LogP contribution in [-0.2, 0) is 0 Å². The van der Waals surface area contributed by atoms with Gasteiger partial charge in [-0.05, 0) is 23.6 Å². The molecule has 0 saturated carbocycles. The number of H-pyrrole nitrogens is 1. The fraction of sp³-hybridized carbons (Fsp3) is 0.150. The Balaban J connectivity index is 1.67. The molecule has 2 N–H and O–H groups in total. The Hall–Kier alpha value is -2.81. The van der Waals surface area contributed by atoms with Crippen molar-refractivity contribution in [2.75, 3.05) is 11.9 Å². The van der Waals surface area contributed by atoms with Crippen LogP contribution in [-0.4, -0.2) is 16.5 Å². The minimum absolute atomic E-state index is 0.449. The molecule has 3 heteroatoms. The highest BCUT2D eigenvalue weighted by Crippen LogP contribution is 2.30. The Morgan fingerprint density at radius 1 is 1.00 bits per heavy atom. The molecule has 1 atom stereocenters. The Bertz CT molecular complexity index is 941. The highest BCUT2D eigenvalue weighted by Gasteiger charge is 2.10. The zero-order valence-electron chi connectivity index (χ0n) is 13.1. The van der Waals surface area contributed by atoms with E-state index in [0.29, 0.717) is 5.92 Å². The van der Waals surface area contributed by atoms with E-state index < -0.39 is 0 Å². The van der Waals surface area contributed by atoms with Gasteiger partial charge >= 0.3 is 0 Å². The highest BCUT2D eigenvalue weighted by molar-refractivity contribution is 6.11. The molecule has 4 rings (SSSR count). The van der Waals surface area contributed by atoms with Crippen LogP contribution in [0.3, 0.4) is 0 Å². The minimum Gasteiger partial charge on any atom is -0.384 e. The molecule has 0 saturated heterocycles. The highest BCUT2D eigenvalue weighted by atomic mass is 14.9. The number of aromatic amines is 1. The lowest BCUT2D eigenvalue weighted by Crippen LogP contribution is -2.10. The van der Waals surface area contributed by atoms with E-state index in [1.165, 1.54) is 16.3 Å². The molecule has 2 aromatic heterocycles. The number of nitrogens with zero attached hydrogens (tertiary/aromatic N) is 1. The standard InChI is InChI=1S/C20H19N3/c1-14(15-7-3-2-4-8-15)13-22-18-11-12-21-20-19(18)16-9-5-6-10-17(16)23-20/h2-12,14H,13H2,1H3,(H2,21,22,23)/t14-/m0/s1. The molecular formula is C20H19N3. The van der Waals surface area contributed by atoms with Crippen LogP contribution >= 0.6 is 0 Å². The molecule has 114 valence electrons. The summed E-state index contributed by atoms with van der Waals surface area (Å²) in [5, 5.41) is 5.99. The second-order valence-electron chi connectivity index (χ2n) is 5.95. The number of rotatable bonds is 4. The van der Waals surface area contributed by atoms with Gasteiger partial charge < -0.3 is 10.3 Å². The fourth-order valence-electron chi connectivity index (χ4n) is 3.08. The summed E-state index contributed by atoms with van der Waals surface area (Å²) in [6.07, 6.45) is 1.85. The summed E-state index contributed by atoms with van der Waals surface area (Å²) in [5.74, 6) is 0.449. The number of para-hydroxylation sites is 1. The summed E-state index contributed by atoms with van der Waals surface area (Å²) in [7, 11) is 0. The van der Waals surface area contributed by atoms with E-state index in [1.54, 1.807) is 0 Å².